The van der Waals surface area contributed by atoms with E-state index in [1.807, 2.05) is 0 Å². The Hall–Kier alpha value is 0.220. The molecule has 0 nitrogen and oxygen atoms in total. The van der Waals surface area contributed by atoms with Gasteiger partial charge in [0.25, 0.3) is 6.43 Å². The van der Waals surface area contributed by atoms with Crippen molar-refractivity contribution in [2.75, 3.05) is 0 Å². The van der Waals surface area contributed by atoms with E-state index in [4.69, 9.17) is 0 Å². The molecule has 0 spiro atoms. The van der Waals surface area contributed by atoms with Crippen LogP contribution < -0.4 is 0 Å². The van der Waals surface area contributed by atoms with Gasteiger partial charge in [-0.2, -0.15) is 0 Å². The Morgan fingerprint density at radius 2 is 1.92 bits per heavy atom. The van der Waals surface area contributed by atoms with E-state index in [1.54, 1.807) is 22.6 Å². The van der Waals surface area contributed by atoms with E-state index in [0.717, 1.165) is 0 Å². The molecular weight excluding hydrogens is 348 g/mol. The van der Waals surface area contributed by atoms with Gasteiger partial charge in [0, 0.05) is 9.13 Å². The van der Waals surface area contributed by atoms with Gasteiger partial charge in [0.15, 0.2) is 5.82 Å². The Bertz CT molecular complexity index is 301. The van der Waals surface area contributed by atoms with Crippen LogP contribution in [0.1, 0.15) is 12.0 Å². The number of benzene rings is 1. The van der Waals surface area contributed by atoms with Gasteiger partial charge in [-0.3, -0.25) is 0 Å². The van der Waals surface area contributed by atoms with E-state index >= 15 is 0 Å². The van der Waals surface area contributed by atoms with Gasteiger partial charge in [-0.1, -0.05) is 6.07 Å². The largest absolute Gasteiger partial charge is 0.265 e. The predicted octanol–water partition coefficient (Wildman–Crippen LogP) is 4.13. The molecular formula is C7H3BrF3I. The van der Waals surface area contributed by atoms with Gasteiger partial charge >= 0.3 is 0 Å². The fraction of sp³-hybridized carbons (Fsp3) is 0.143. The molecule has 0 aromatic heterocycles. The van der Waals surface area contributed by atoms with Gasteiger partial charge in [-0.05, 0) is 44.6 Å². The minimum absolute atomic E-state index is 0.149. The van der Waals surface area contributed by atoms with Gasteiger partial charge in [-0.15, -0.1) is 0 Å². The second-order valence-electron chi connectivity index (χ2n) is 2.07. The van der Waals surface area contributed by atoms with Crippen molar-refractivity contribution in [2.45, 2.75) is 6.43 Å². The monoisotopic (exact) mass is 350 g/mol. The van der Waals surface area contributed by atoms with Gasteiger partial charge in [0.1, 0.15) is 0 Å². The third-order valence-electron chi connectivity index (χ3n) is 1.30. The third-order valence-corrected chi connectivity index (χ3v) is 2.94. The molecule has 0 atom stereocenters. The molecule has 1 aromatic carbocycles. The van der Waals surface area contributed by atoms with Crippen molar-refractivity contribution < 1.29 is 13.2 Å². The Labute approximate surface area is 89.4 Å². The summed E-state index contributed by atoms with van der Waals surface area (Å²) in [5, 5.41) is 0. The van der Waals surface area contributed by atoms with E-state index in [0.29, 0.717) is 3.57 Å². The molecule has 0 unspecified atom stereocenters. The molecule has 0 aliphatic carbocycles. The first-order valence-corrected chi connectivity index (χ1v) is 4.82. The lowest BCUT2D eigenvalue weighted by Crippen LogP contribution is -1.92. The molecule has 1 rings (SSSR count). The molecule has 0 amide bonds. The first-order chi connectivity index (χ1) is 5.54. The summed E-state index contributed by atoms with van der Waals surface area (Å²) in [7, 11) is 0. The van der Waals surface area contributed by atoms with Crippen LogP contribution in [0.3, 0.4) is 0 Å². The number of hydrogen-bond donors (Lipinski definition) is 0. The quantitative estimate of drug-likeness (QED) is 0.527. The van der Waals surface area contributed by atoms with Gasteiger partial charge in [-0.25, -0.2) is 13.2 Å². The van der Waals surface area contributed by atoms with Crippen molar-refractivity contribution >= 4 is 38.5 Å². The normalized spacial score (nSPS) is 10.8. The van der Waals surface area contributed by atoms with Gasteiger partial charge < -0.3 is 0 Å². The molecule has 0 saturated carbocycles. The molecule has 0 N–H and O–H groups in total. The summed E-state index contributed by atoms with van der Waals surface area (Å²) in [4.78, 5) is 0. The van der Waals surface area contributed by atoms with E-state index in [9.17, 15) is 13.2 Å². The van der Waals surface area contributed by atoms with Crippen molar-refractivity contribution in [3.8, 4) is 0 Å². The van der Waals surface area contributed by atoms with Gasteiger partial charge in [0.05, 0.1) is 4.47 Å². The van der Waals surface area contributed by atoms with Crippen molar-refractivity contribution in [3.63, 3.8) is 0 Å². The maximum absolute atomic E-state index is 13.0. The summed E-state index contributed by atoms with van der Waals surface area (Å²) in [5.41, 5.74) is -0.312. The number of alkyl halides is 2. The fourth-order valence-corrected chi connectivity index (χ4v) is 2.05. The van der Waals surface area contributed by atoms with Crippen molar-refractivity contribution in [1.29, 1.82) is 0 Å². The molecule has 0 aliphatic heterocycles. The summed E-state index contributed by atoms with van der Waals surface area (Å²) in [6.07, 6.45) is -2.65. The zero-order valence-corrected chi connectivity index (χ0v) is 9.37. The summed E-state index contributed by atoms with van der Waals surface area (Å²) < 4.78 is 37.4. The highest BCUT2D eigenvalue weighted by molar-refractivity contribution is 14.1. The summed E-state index contributed by atoms with van der Waals surface area (Å²) in [6.45, 7) is 0. The standard InChI is InChI=1S/C7H3BrF3I/c8-5-3(7(10)11)1-2-4(12)6(5)9/h1-2,7H. The smallest absolute Gasteiger partial charge is 0.205 e. The Kier molecular flexibility index (Phi) is 3.39. The molecule has 0 bridgehead atoms. The molecule has 5 heteroatoms. The van der Waals surface area contributed by atoms with Crippen LogP contribution in [-0.4, -0.2) is 0 Å². The highest BCUT2D eigenvalue weighted by atomic mass is 127. The predicted molar refractivity (Wildman–Crippen MR) is 51.8 cm³/mol. The average molecular weight is 351 g/mol. The van der Waals surface area contributed by atoms with Crippen LogP contribution in [0.4, 0.5) is 13.2 Å². The molecule has 1 aromatic rings. The minimum atomic E-state index is -2.65. The van der Waals surface area contributed by atoms with Crippen molar-refractivity contribution in [3.05, 3.63) is 31.6 Å². The van der Waals surface area contributed by atoms with Crippen LogP contribution in [0.5, 0.6) is 0 Å². The maximum atomic E-state index is 13.0. The van der Waals surface area contributed by atoms with Crippen LogP contribution in [0, 0.1) is 9.39 Å². The molecule has 0 saturated heterocycles. The SMILES string of the molecule is Fc1c(I)ccc(C(F)F)c1Br. The lowest BCUT2D eigenvalue weighted by Gasteiger charge is -2.04. The Balaban J connectivity index is 3.27. The highest BCUT2D eigenvalue weighted by Gasteiger charge is 2.16. The van der Waals surface area contributed by atoms with Crippen LogP contribution in [-0.2, 0) is 0 Å². The molecule has 0 fully saturated rings. The van der Waals surface area contributed by atoms with E-state index in [2.05, 4.69) is 15.9 Å². The minimum Gasteiger partial charge on any atom is -0.205 e. The summed E-state index contributed by atoms with van der Waals surface area (Å²) >= 11 is 4.51. The lowest BCUT2D eigenvalue weighted by molar-refractivity contribution is 0.150. The molecule has 0 radical (unpaired) electrons. The summed E-state index contributed by atoms with van der Waals surface area (Å²) in [6, 6.07) is 2.53. The summed E-state index contributed by atoms with van der Waals surface area (Å²) in [5.74, 6) is -0.631. The third kappa shape index (κ3) is 1.93. The zero-order chi connectivity index (χ0) is 9.30. The Morgan fingerprint density at radius 1 is 1.33 bits per heavy atom. The van der Waals surface area contributed by atoms with Crippen molar-refractivity contribution in [2.24, 2.45) is 0 Å². The van der Waals surface area contributed by atoms with Crippen molar-refractivity contribution in [1.82, 2.24) is 0 Å². The average Bonchev–Trinajstić information content (AvgIpc) is 2.00. The first-order valence-electron chi connectivity index (χ1n) is 2.95. The molecule has 0 aliphatic rings. The second-order valence-corrected chi connectivity index (χ2v) is 4.02. The molecule has 12 heavy (non-hydrogen) atoms. The number of rotatable bonds is 1. The van der Waals surface area contributed by atoms with E-state index in [1.165, 1.54) is 12.1 Å². The lowest BCUT2D eigenvalue weighted by atomic mass is 10.2. The fourth-order valence-electron chi connectivity index (χ4n) is 0.709. The van der Waals surface area contributed by atoms with Crippen LogP contribution in [0.15, 0.2) is 16.6 Å². The van der Waals surface area contributed by atoms with E-state index < -0.39 is 12.2 Å². The van der Waals surface area contributed by atoms with Crippen LogP contribution >= 0.6 is 38.5 Å². The van der Waals surface area contributed by atoms with Gasteiger partial charge in [0.2, 0.25) is 0 Å². The second kappa shape index (κ2) is 3.95. The molecule has 66 valence electrons. The molecule has 0 heterocycles. The van der Waals surface area contributed by atoms with Crippen LogP contribution in [0.25, 0.3) is 0 Å². The number of hydrogen-bond acceptors (Lipinski definition) is 0. The maximum Gasteiger partial charge on any atom is 0.265 e. The topological polar surface area (TPSA) is 0 Å². The number of halogens is 5. The highest BCUT2D eigenvalue weighted by Crippen LogP contribution is 2.31. The van der Waals surface area contributed by atoms with Crippen LogP contribution in [0.2, 0.25) is 0 Å². The zero-order valence-electron chi connectivity index (χ0n) is 5.62. The first kappa shape index (κ1) is 10.3. The van der Waals surface area contributed by atoms with E-state index in [-0.39, 0.29) is 10.0 Å². The Morgan fingerprint density at radius 3 is 2.42 bits per heavy atom.